The van der Waals surface area contributed by atoms with E-state index in [0.717, 1.165) is 36.9 Å². The topological polar surface area (TPSA) is 67.1 Å². The monoisotopic (exact) mass is 442 g/mol. The summed E-state index contributed by atoms with van der Waals surface area (Å²) in [6.45, 7) is 8.90. The lowest BCUT2D eigenvalue weighted by Crippen LogP contribution is -2.38. The van der Waals surface area contributed by atoms with E-state index < -0.39 is 0 Å². The molecule has 2 aromatic rings. The molecule has 0 atom stereocenters. The van der Waals surface area contributed by atoms with Gasteiger partial charge in [-0.3, -0.25) is 0 Å². The maximum atomic E-state index is 4.64. The molecule has 0 aliphatic rings. The Morgan fingerprint density at radius 3 is 2.79 bits per heavy atom. The van der Waals surface area contributed by atoms with E-state index in [9.17, 15) is 0 Å². The fourth-order valence-electron chi connectivity index (χ4n) is 2.08. The van der Waals surface area contributed by atoms with Crippen LogP contribution in [-0.4, -0.2) is 33.8 Å². The second kappa shape index (κ2) is 11.0. The van der Waals surface area contributed by atoms with Gasteiger partial charge in [0.05, 0.1) is 6.54 Å². The van der Waals surface area contributed by atoms with Crippen LogP contribution in [0.3, 0.4) is 0 Å². The van der Waals surface area contributed by atoms with Crippen molar-refractivity contribution in [1.29, 1.82) is 0 Å². The molecule has 7 heteroatoms. The Morgan fingerprint density at radius 2 is 2.12 bits per heavy atom. The standard InChI is InChI=1S/C17H26N6.HI/c1-4-18-17(20-9-6-14(2)3)21-13-15-7-10-19-16(12-15)23-11-5-8-22-23;/h5,7-8,10-12,14H,4,6,9,13H2,1-3H3,(H2,18,20,21);1H. The molecule has 6 nitrogen and oxygen atoms in total. The summed E-state index contributed by atoms with van der Waals surface area (Å²) in [4.78, 5) is 8.98. The van der Waals surface area contributed by atoms with Gasteiger partial charge >= 0.3 is 0 Å². The van der Waals surface area contributed by atoms with E-state index in [2.05, 4.69) is 46.5 Å². The van der Waals surface area contributed by atoms with Gasteiger partial charge in [0, 0.05) is 31.7 Å². The number of pyridine rings is 1. The second-order valence-electron chi connectivity index (χ2n) is 5.78. The number of aromatic nitrogens is 3. The lowest BCUT2D eigenvalue weighted by atomic mass is 10.1. The third kappa shape index (κ3) is 6.86. The van der Waals surface area contributed by atoms with Crippen LogP contribution in [-0.2, 0) is 6.54 Å². The van der Waals surface area contributed by atoms with Crippen molar-refractivity contribution in [2.75, 3.05) is 13.1 Å². The maximum absolute atomic E-state index is 4.64. The third-order valence-corrected chi connectivity index (χ3v) is 3.33. The third-order valence-electron chi connectivity index (χ3n) is 3.33. The van der Waals surface area contributed by atoms with Gasteiger partial charge < -0.3 is 10.6 Å². The maximum Gasteiger partial charge on any atom is 0.191 e. The summed E-state index contributed by atoms with van der Waals surface area (Å²) in [6, 6.07) is 5.87. The van der Waals surface area contributed by atoms with Crippen LogP contribution >= 0.6 is 24.0 Å². The van der Waals surface area contributed by atoms with Crippen molar-refractivity contribution < 1.29 is 0 Å². The number of halogens is 1. The quantitative estimate of drug-likeness (QED) is 0.393. The normalized spacial score (nSPS) is 11.2. The molecule has 0 saturated heterocycles. The number of nitrogens with one attached hydrogen (secondary N) is 2. The average Bonchev–Trinajstić information content (AvgIpc) is 3.07. The smallest absolute Gasteiger partial charge is 0.191 e. The number of nitrogens with zero attached hydrogens (tertiary/aromatic N) is 4. The first-order valence-corrected chi connectivity index (χ1v) is 8.16. The van der Waals surface area contributed by atoms with Crippen molar-refractivity contribution in [3.63, 3.8) is 0 Å². The molecular formula is C17H27IN6. The number of rotatable bonds is 7. The van der Waals surface area contributed by atoms with Gasteiger partial charge in [-0.2, -0.15) is 5.10 Å². The summed E-state index contributed by atoms with van der Waals surface area (Å²) in [5.41, 5.74) is 1.10. The van der Waals surface area contributed by atoms with Crippen LogP contribution in [0.4, 0.5) is 0 Å². The van der Waals surface area contributed by atoms with Crippen molar-refractivity contribution in [3.05, 3.63) is 42.4 Å². The second-order valence-corrected chi connectivity index (χ2v) is 5.78. The highest BCUT2D eigenvalue weighted by molar-refractivity contribution is 14.0. The van der Waals surface area contributed by atoms with Gasteiger partial charge in [0.25, 0.3) is 0 Å². The zero-order chi connectivity index (χ0) is 16.5. The van der Waals surface area contributed by atoms with E-state index in [1.807, 2.05) is 24.4 Å². The van der Waals surface area contributed by atoms with E-state index in [-0.39, 0.29) is 24.0 Å². The van der Waals surface area contributed by atoms with Gasteiger partial charge in [-0.25, -0.2) is 14.7 Å². The summed E-state index contributed by atoms with van der Waals surface area (Å²) in [5, 5.41) is 10.8. The predicted octanol–water partition coefficient (Wildman–Crippen LogP) is 2.99. The van der Waals surface area contributed by atoms with Crippen molar-refractivity contribution in [1.82, 2.24) is 25.4 Å². The van der Waals surface area contributed by atoms with Crippen LogP contribution in [0.1, 0.15) is 32.8 Å². The Balaban J connectivity index is 0.00000288. The first-order chi connectivity index (χ1) is 11.2. The molecule has 0 aromatic carbocycles. The molecular weight excluding hydrogens is 415 g/mol. The molecule has 0 amide bonds. The number of hydrogen-bond donors (Lipinski definition) is 2. The van der Waals surface area contributed by atoms with Gasteiger partial charge in [0.15, 0.2) is 11.8 Å². The van der Waals surface area contributed by atoms with E-state index in [0.29, 0.717) is 12.5 Å². The van der Waals surface area contributed by atoms with Crippen molar-refractivity contribution in [2.24, 2.45) is 10.9 Å². The number of hydrogen-bond acceptors (Lipinski definition) is 3. The highest BCUT2D eigenvalue weighted by Crippen LogP contribution is 2.07. The zero-order valence-electron chi connectivity index (χ0n) is 14.6. The minimum atomic E-state index is 0. The van der Waals surface area contributed by atoms with Crippen molar-refractivity contribution in [3.8, 4) is 5.82 Å². The van der Waals surface area contributed by atoms with Crippen LogP contribution < -0.4 is 10.6 Å². The first-order valence-electron chi connectivity index (χ1n) is 8.16. The molecule has 0 saturated carbocycles. The molecule has 0 fully saturated rings. The molecule has 132 valence electrons. The minimum Gasteiger partial charge on any atom is -0.357 e. The largest absolute Gasteiger partial charge is 0.357 e. The molecule has 0 aliphatic heterocycles. The molecule has 0 spiro atoms. The molecule has 0 radical (unpaired) electrons. The SMILES string of the molecule is CCNC(=NCc1ccnc(-n2cccn2)c1)NCCC(C)C.I. The average molecular weight is 442 g/mol. The molecule has 2 aromatic heterocycles. The van der Waals surface area contributed by atoms with Crippen LogP contribution in [0.2, 0.25) is 0 Å². The Hall–Kier alpha value is -1.64. The molecule has 0 bridgehead atoms. The first kappa shape index (κ1) is 20.4. The van der Waals surface area contributed by atoms with Gasteiger partial charge in [-0.05, 0) is 43.0 Å². The van der Waals surface area contributed by atoms with Crippen LogP contribution in [0.5, 0.6) is 0 Å². The van der Waals surface area contributed by atoms with Crippen LogP contribution in [0, 0.1) is 5.92 Å². The Labute approximate surface area is 161 Å². The summed E-state index contributed by atoms with van der Waals surface area (Å²) in [6.07, 6.45) is 6.55. The summed E-state index contributed by atoms with van der Waals surface area (Å²) in [5.74, 6) is 2.34. The Bertz CT molecular complexity index is 609. The summed E-state index contributed by atoms with van der Waals surface area (Å²) < 4.78 is 1.75. The number of aliphatic imine (C=N–C) groups is 1. The van der Waals surface area contributed by atoms with Gasteiger partial charge in [-0.15, -0.1) is 24.0 Å². The highest BCUT2D eigenvalue weighted by Gasteiger charge is 2.02. The summed E-state index contributed by atoms with van der Waals surface area (Å²) >= 11 is 0. The molecule has 2 heterocycles. The Kier molecular flexibility index (Phi) is 9.36. The lowest BCUT2D eigenvalue weighted by Gasteiger charge is -2.12. The molecule has 2 rings (SSSR count). The zero-order valence-corrected chi connectivity index (χ0v) is 16.9. The van der Waals surface area contributed by atoms with Crippen LogP contribution in [0.15, 0.2) is 41.8 Å². The highest BCUT2D eigenvalue weighted by atomic mass is 127. The molecule has 24 heavy (non-hydrogen) atoms. The lowest BCUT2D eigenvalue weighted by molar-refractivity contribution is 0.573. The summed E-state index contributed by atoms with van der Waals surface area (Å²) in [7, 11) is 0. The molecule has 0 unspecified atom stereocenters. The van der Waals surface area contributed by atoms with E-state index in [4.69, 9.17) is 0 Å². The van der Waals surface area contributed by atoms with Gasteiger partial charge in [0.2, 0.25) is 0 Å². The Morgan fingerprint density at radius 1 is 1.29 bits per heavy atom. The number of guanidine groups is 1. The fourth-order valence-corrected chi connectivity index (χ4v) is 2.08. The van der Waals surface area contributed by atoms with Gasteiger partial charge in [0.1, 0.15) is 0 Å². The van der Waals surface area contributed by atoms with Gasteiger partial charge in [-0.1, -0.05) is 13.8 Å². The van der Waals surface area contributed by atoms with Crippen molar-refractivity contribution >= 4 is 29.9 Å². The van der Waals surface area contributed by atoms with Crippen LogP contribution in [0.25, 0.3) is 5.82 Å². The van der Waals surface area contributed by atoms with Crippen molar-refractivity contribution in [2.45, 2.75) is 33.7 Å². The fraction of sp³-hybridized carbons (Fsp3) is 0.471. The van der Waals surface area contributed by atoms with E-state index in [1.165, 1.54) is 0 Å². The minimum absolute atomic E-state index is 0. The molecule has 2 N–H and O–H groups in total. The predicted molar refractivity (Wildman–Crippen MR) is 109 cm³/mol. The van der Waals surface area contributed by atoms with E-state index >= 15 is 0 Å². The van der Waals surface area contributed by atoms with E-state index in [1.54, 1.807) is 17.1 Å². The molecule has 0 aliphatic carbocycles.